The maximum atomic E-state index is 13.6. The smallest absolute Gasteiger partial charge is 0.266 e. The van der Waals surface area contributed by atoms with Crippen molar-refractivity contribution in [2.45, 2.75) is 29.9 Å². The molecule has 5 aromatic rings. The average molecular weight is 461 g/mol. The van der Waals surface area contributed by atoms with Crippen LogP contribution in [0.5, 0.6) is 0 Å². The van der Waals surface area contributed by atoms with E-state index in [1.54, 1.807) is 10.8 Å². The third-order valence-electron chi connectivity index (χ3n) is 5.25. The van der Waals surface area contributed by atoms with Gasteiger partial charge in [-0.1, -0.05) is 53.9 Å². The van der Waals surface area contributed by atoms with Crippen LogP contribution in [0.25, 0.3) is 27.8 Å². The first kappa shape index (κ1) is 20.7. The summed E-state index contributed by atoms with van der Waals surface area (Å²) < 4.78 is 1.73. The Morgan fingerprint density at radius 3 is 2.62 bits per heavy atom. The van der Waals surface area contributed by atoms with E-state index in [2.05, 4.69) is 19.9 Å². The minimum Gasteiger partial charge on any atom is -0.330 e. The normalized spacial score (nSPS) is 11.5. The molecule has 0 spiro atoms. The van der Waals surface area contributed by atoms with Crippen LogP contribution in [0.3, 0.4) is 0 Å². The maximum Gasteiger partial charge on any atom is 0.266 e. The van der Waals surface area contributed by atoms with Gasteiger partial charge in [0.05, 0.1) is 28.5 Å². The number of para-hydroxylation sites is 1. The van der Waals surface area contributed by atoms with Crippen LogP contribution in [0.4, 0.5) is 0 Å². The van der Waals surface area contributed by atoms with Gasteiger partial charge < -0.3 is 4.98 Å². The number of benzene rings is 2. The van der Waals surface area contributed by atoms with Gasteiger partial charge >= 0.3 is 0 Å². The Balaban J connectivity index is 1.61. The first-order valence-corrected chi connectivity index (χ1v) is 12.2. The molecule has 0 fully saturated rings. The lowest BCUT2D eigenvalue weighted by molar-refractivity contribution is 0.874. The van der Waals surface area contributed by atoms with Gasteiger partial charge in [-0.25, -0.2) is 19.9 Å². The molecular weight excluding hydrogens is 440 g/mol. The molecular formula is C23H20N6OS2. The van der Waals surface area contributed by atoms with Gasteiger partial charge in [-0.15, -0.1) is 0 Å². The predicted octanol–water partition coefficient (Wildman–Crippen LogP) is 4.68. The molecule has 0 radical (unpaired) electrons. The fourth-order valence-corrected chi connectivity index (χ4v) is 4.80. The molecule has 1 N–H and O–H groups in total. The molecule has 3 aromatic heterocycles. The highest BCUT2D eigenvalue weighted by Gasteiger charge is 2.16. The minimum absolute atomic E-state index is 0.0573. The van der Waals surface area contributed by atoms with Crippen LogP contribution in [-0.4, -0.2) is 35.7 Å². The van der Waals surface area contributed by atoms with Crippen LogP contribution in [0.15, 0.2) is 63.8 Å². The molecule has 0 saturated heterocycles. The molecule has 3 heterocycles. The van der Waals surface area contributed by atoms with Crippen molar-refractivity contribution in [1.29, 1.82) is 0 Å². The Morgan fingerprint density at radius 1 is 1.00 bits per heavy atom. The maximum absolute atomic E-state index is 13.6. The summed E-state index contributed by atoms with van der Waals surface area (Å²) in [6.07, 6.45) is 3.67. The van der Waals surface area contributed by atoms with E-state index in [-0.39, 0.29) is 5.56 Å². The zero-order valence-corrected chi connectivity index (χ0v) is 19.4. The Kier molecular flexibility index (Phi) is 5.44. The Labute approximate surface area is 192 Å². The monoisotopic (exact) mass is 460 g/mol. The fourth-order valence-electron chi connectivity index (χ4n) is 3.67. The third-order valence-corrected chi connectivity index (χ3v) is 6.68. The summed E-state index contributed by atoms with van der Waals surface area (Å²) >= 11 is 2.96. The van der Waals surface area contributed by atoms with Crippen LogP contribution in [0.2, 0.25) is 0 Å². The lowest BCUT2D eigenvalue weighted by Crippen LogP contribution is -2.25. The average Bonchev–Trinajstić information content (AvgIpc) is 3.20. The number of hydrogen-bond acceptors (Lipinski definition) is 7. The number of nitrogens with zero attached hydrogens (tertiary/aromatic N) is 5. The summed E-state index contributed by atoms with van der Waals surface area (Å²) in [5.74, 6) is 1.14. The zero-order valence-electron chi connectivity index (χ0n) is 17.8. The molecule has 0 amide bonds. The van der Waals surface area contributed by atoms with E-state index in [4.69, 9.17) is 4.98 Å². The van der Waals surface area contributed by atoms with E-state index >= 15 is 0 Å². The van der Waals surface area contributed by atoms with E-state index in [0.717, 1.165) is 22.3 Å². The molecule has 5 rings (SSSR count). The van der Waals surface area contributed by atoms with Crippen molar-refractivity contribution in [3.05, 3.63) is 76.0 Å². The summed E-state index contributed by atoms with van der Waals surface area (Å²) in [4.78, 5) is 35.1. The number of aryl methyl sites for hydroxylation is 2. The van der Waals surface area contributed by atoms with Crippen molar-refractivity contribution >= 4 is 45.6 Å². The highest BCUT2D eigenvalue weighted by atomic mass is 32.2. The molecule has 160 valence electrons. The van der Waals surface area contributed by atoms with Crippen molar-refractivity contribution < 1.29 is 0 Å². The number of H-pyrrole nitrogens is 1. The van der Waals surface area contributed by atoms with E-state index < -0.39 is 0 Å². The van der Waals surface area contributed by atoms with E-state index in [1.807, 2.05) is 62.6 Å². The Hall–Kier alpha value is -3.17. The summed E-state index contributed by atoms with van der Waals surface area (Å²) in [5.41, 5.74) is 4.83. The molecule has 0 saturated carbocycles. The summed E-state index contributed by atoms with van der Waals surface area (Å²) in [7, 11) is 0. The van der Waals surface area contributed by atoms with E-state index in [0.29, 0.717) is 38.4 Å². The highest BCUT2D eigenvalue weighted by molar-refractivity contribution is 7.98. The highest BCUT2D eigenvalue weighted by Crippen LogP contribution is 2.25. The molecule has 7 nitrogen and oxygen atoms in total. The van der Waals surface area contributed by atoms with Gasteiger partial charge in [0.25, 0.3) is 5.56 Å². The first-order chi connectivity index (χ1) is 15.5. The molecule has 2 aromatic carbocycles. The SMILES string of the molecule is CSc1ncc2[nH]c(SCc3nc4cccc(C)c4c(=O)n3-c3ccccc3C)nc2n1. The lowest BCUT2D eigenvalue weighted by atomic mass is 10.1. The summed E-state index contributed by atoms with van der Waals surface area (Å²) in [6, 6.07) is 13.6. The van der Waals surface area contributed by atoms with Gasteiger partial charge in [0.1, 0.15) is 11.3 Å². The van der Waals surface area contributed by atoms with Gasteiger partial charge in [0.15, 0.2) is 16.0 Å². The van der Waals surface area contributed by atoms with Gasteiger partial charge in [-0.3, -0.25) is 9.36 Å². The van der Waals surface area contributed by atoms with Crippen molar-refractivity contribution in [3.8, 4) is 5.69 Å². The summed E-state index contributed by atoms with van der Waals surface area (Å²) in [6.45, 7) is 3.95. The largest absolute Gasteiger partial charge is 0.330 e. The van der Waals surface area contributed by atoms with E-state index in [9.17, 15) is 4.79 Å². The van der Waals surface area contributed by atoms with Crippen LogP contribution in [0, 0.1) is 13.8 Å². The second-order valence-electron chi connectivity index (χ2n) is 7.35. The van der Waals surface area contributed by atoms with Crippen molar-refractivity contribution in [1.82, 2.24) is 29.5 Å². The number of rotatable bonds is 5. The lowest BCUT2D eigenvalue weighted by Gasteiger charge is -2.15. The first-order valence-electron chi connectivity index (χ1n) is 10.0. The molecule has 0 aliphatic heterocycles. The van der Waals surface area contributed by atoms with Crippen LogP contribution in [0.1, 0.15) is 17.0 Å². The number of thioether (sulfide) groups is 2. The molecule has 0 bridgehead atoms. The Morgan fingerprint density at radius 2 is 1.81 bits per heavy atom. The standard InChI is InChI=1S/C23H20N6OS2/c1-13-7-4-5-10-17(13)29-18(25-15-9-6-8-14(2)19(15)21(29)30)12-32-23-26-16-11-24-22(31-3)27-20(16)28-23/h4-11H,12H2,1-3H3,(H,24,26,27,28). The molecule has 32 heavy (non-hydrogen) atoms. The quantitative estimate of drug-likeness (QED) is 0.301. The fraction of sp³-hybridized carbons (Fsp3) is 0.174. The predicted molar refractivity (Wildman–Crippen MR) is 130 cm³/mol. The van der Waals surface area contributed by atoms with E-state index in [1.165, 1.54) is 23.5 Å². The third kappa shape index (κ3) is 3.67. The molecule has 9 heteroatoms. The van der Waals surface area contributed by atoms with Gasteiger partial charge in [0.2, 0.25) is 0 Å². The second kappa shape index (κ2) is 8.40. The number of imidazole rings is 1. The Bertz CT molecular complexity index is 1520. The van der Waals surface area contributed by atoms with Crippen LogP contribution in [-0.2, 0) is 5.75 Å². The minimum atomic E-state index is -0.0573. The molecule has 0 unspecified atom stereocenters. The zero-order chi connectivity index (χ0) is 22.2. The molecule has 0 aliphatic carbocycles. The van der Waals surface area contributed by atoms with Gasteiger partial charge in [-0.2, -0.15) is 0 Å². The van der Waals surface area contributed by atoms with Crippen molar-refractivity contribution in [2.24, 2.45) is 0 Å². The number of aromatic amines is 1. The van der Waals surface area contributed by atoms with Crippen molar-refractivity contribution in [2.75, 3.05) is 6.26 Å². The number of nitrogens with one attached hydrogen (secondary N) is 1. The van der Waals surface area contributed by atoms with Crippen LogP contribution < -0.4 is 5.56 Å². The van der Waals surface area contributed by atoms with Crippen molar-refractivity contribution in [3.63, 3.8) is 0 Å². The second-order valence-corrected chi connectivity index (χ2v) is 9.09. The van der Waals surface area contributed by atoms with Gasteiger partial charge in [0, 0.05) is 0 Å². The molecule has 0 aliphatic rings. The molecule has 0 atom stereocenters. The summed E-state index contributed by atoms with van der Waals surface area (Å²) in [5, 5.41) is 2.04. The topological polar surface area (TPSA) is 89.4 Å². The number of fused-ring (bicyclic) bond motifs is 2. The number of aromatic nitrogens is 6. The van der Waals surface area contributed by atoms with Crippen LogP contribution >= 0.6 is 23.5 Å². The number of hydrogen-bond donors (Lipinski definition) is 1. The van der Waals surface area contributed by atoms with Gasteiger partial charge in [-0.05, 0) is 43.4 Å².